The van der Waals surface area contributed by atoms with Crippen LogP contribution >= 0.6 is 0 Å². The summed E-state index contributed by atoms with van der Waals surface area (Å²) in [5.74, 6) is -0.858. The van der Waals surface area contributed by atoms with Gasteiger partial charge < -0.3 is 9.84 Å². The molecule has 0 aliphatic rings. The average Bonchev–Trinajstić information content (AvgIpc) is 1.97. The molecule has 0 amide bonds. The summed E-state index contributed by atoms with van der Waals surface area (Å²) in [6.07, 6.45) is 3.13. The average molecular weight is 160 g/mol. The second-order valence-corrected chi connectivity index (χ2v) is 2.56. The Morgan fingerprint density at radius 2 is 2.18 bits per heavy atom. The Morgan fingerprint density at radius 1 is 1.55 bits per heavy atom. The molecule has 0 aromatic carbocycles. The van der Waals surface area contributed by atoms with Gasteiger partial charge >= 0.3 is 5.97 Å². The Balaban J connectivity index is 3.44. The molecule has 0 fully saturated rings. The Morgan fingerprint density at radius 3 is 2.55 bits per heavy atom. The number of hydrogen-bond donors (Lipinski definition) is 1. The monoisotopic (exact) mass is 160 g/mol. The van der Waals surface area contributed by atoms with Crippen molar-refractivity contribution in [2.45, 2.75) is 38.7 Å². The van der Waals surface area contributed by atoms with Gasteiger partial charge in [-0.05, 0) is 6.42 Å². The van der Waals surface area contributed by atoms with Crippen LogP contribution in [0.3, 0.4) is 0 Å². The third-order valence-electron chi connectivity index (χ3n) is 1.63. The second kappa shape index (κ2) is 6.16. The van der Waals surface area contributed by atoms with Crippen LogP contribution < -0.4 is 0 Å². The fourth-order valence-corrected chi connectivity index (χ4v) is 0.922. The van der Waals surface area contributed by atoms with E-state index in [4.69, 9.17) is 9.84 Å². The molecule has 1 atom stereocenters. The molecule has 0 aliphatic carbocycles. The molecule has 0 aromatic rings. The predicted octanol–water partition coefficient (Wildman–Crippen LogP) is 1.67. The van der Waals surface area contributed by atoms with Crippen LogP contribution in [0.4, 0.5) is 0 Å². The van der Waals surface area contributed by atoms with Crippen LogP contribution in [0.2, 0.25) is 0 Å². The van der Waals surface area contributed by atoms with Crippen LogP contribution in [-0.2, 0) is 9.53 Å². The number of carboxylic acid groups (broad SMARTS) is 1. The standard InChI is InChI=1S/C8H16O3/c1-3-4-5-6-7(11-2)8(9)10/h7H,3-6H2,1-2H3,(H,9,10)/t7-/m0/s1. The summed E-state index contributed by atoms with van der Waals surface area (Å²) < 4.78 is 4.76. The molecule has 3 nitrogen and oxygen atoms in total. The van der Waals surface area contributed by atoms with Crippen molar-refractivity contribution in [3.63, 3.8) is 0 Å². The van der Waals surface area contributed by atoms with Crippen LogP contribution in [0.15, 0.2) is 0 Å². The normalized spacial score (nSPS) is 12.9. The van der Waals surface area contributed by atoms with Crippen molar-refractivity contribution in [3.05, 3.63) is 0 Å². The summed E-state index contributed by atoms with van der Waals surface area (Å²) >= 11 is 0. The van der Waals surface area contributed by atoms with E-state index >= 15 is 0 Å². The number of unbranched alkanes of at least 4 members (excludes halogenated alkanes) is 2. The lowest BCUT2D eigenvalue weighted by Crippen LogP contribution is -2.21. The molecule has 0 heterocycles. The highest BCUT2D eigenvalue weighted by molar-refractivity contribution is 5.72. The van der Waals surface area contributed by atoms with Gasteiger partial charge in [-0.25, -0.2) is 4.79 Å². The van der Waals surface area contributed by atoms with Gasteiger partial charge in [-0.1, -0.05) is 26.2 Å². The van der Waals surface area contributed by atoms with E-state index < -0.39 is 12.1 Å². The zero-order valence-electron chi connectivity index (χ0n) is 7.17. The first-order valence-electron chi connectivity index (χ1n) is 3.98. The van der Waals surface area contributed by atoms with E-state index in [0.717, 1.165) is 19.3 Å². The molecule has 0 bridgehead atoms. The number of rotatable bonds is 6. The molecule has 66 valence electrons. The first kappa shape index (κ1) is 10.4. The summed E-state index contributed by atoms with van der Waals surface area (Å²) in [4.78, 5) is 10.4. The largest absolute Gasteiger partial charge is 0.479 e. The molecule has 0 radical (unpaired) electrons. The van der Waals surface area contributed by atoms with Crippen molar-refractivity contribution in [1.82, 2.24) is 0 Å². The van der Waals surface area contributed by atoms with Gasteiger partial charge in [0.2, 0.25) is 0 Å². The third-order valence-corrected chi connectivity index (χ3v) is 1.63. The van der Waals surface area contributed by atoms with E-state index in [2.05, 4.69) is 6.92 Å². The van der Waals surface area contributed by atoms with E-state index in [1.807, 2.05) is 0 Å². The van der Waals surface area contributed by atoms with Gasteiger partial charge in [0.1, 0.15) is 0 Å². The van der Waals surface area contributed by atoms with E-state index in [-0.39, 0.29) is 0 Å². The van der Waals surface area contributed by atoms with E-state index in [1.54, 1.807) is 0 Å². The molecule has 0 spiro atoms. The summed E-state index contributed by atoms with van der Waals surface area (Å²) in [5.41, 5.74) is 0. The maximum Gasteiger partial charge on any atom is 0.332 e. The maximum absolute atomic E-state index is 10.4. The van der Waals surface area contributed by atoms with Crippen LogP contribution in [-0.4, -0.2) is 24.3 Å². The Kier molecular flexibility index (Phi) is 5.84. The first-order valence-corrected chi connectivity index (χ1v) is 3.98. The molecule has 0 unspecified atom stereocenters. The summed E-state index contributed by atoms with van der Waals surface area (Å²) in [6, 6.07) is 0. The fourth-order valence-electron chi connectivity index (χ4n) is 0.922. The first-order chi connectivity index (χ1) is 5.22. The number of carboxylic acids is 1. The second-order valence-electron chi connectivity index (χ2n) is 2.56. The molecule has 0 aromatic heterocycles. The summed E-state index contributed by atoms with van der Waals surface area (Å²) in [7, 11) is 1.44. The van der Waals surface area contributed by atoms with Crippen molar-refractivity contribution < 1.29 is 14.6 Å². The van der Waals surface area contributed by atoms with Gasteiger partial charge in [0.05, 0.1) is 0 Å². The molecule has 3 heteroatoms. The summed E-state index contributed by atoms with van der Waals surface area (Å²) in [5, 5.41) is 8.55. The molecule has 11 heavy (non-hydrogen) atoms. The SMILES string of the molecule is CCCCC[C@H](OC)C(=O)O. The fraction of sp³-hybridized carbons (Fsp3) is 0.875. The van der Waals surface area contributed by atoms with Crippen LogP contribution in [0.25, 0.3) is 0 Å². The third kappa shape index (κ3) is 4.79. The van der Waals surface area contributed by atoms with Crippen LogP contribution in [0.1, 0.15) is 32.6 Å². The zero-order valence-corrected chi connectivity index (χ0v) is 7.17. The highest BCUT2D eigenvalue weighted by Crippen LogP contribution is 2.05. The van der Waals surface area contributed by atoms with E-state index in [1.165, 1.54) is 7.11 Å². The number of aliphatic carboxylic acids is 1. The highest BCUT2D eigenvalue weighted by atomic mass is 16.5. The smallest absolute Gasteiger partial charge is 0.332 e. The van der Waals surface area contributed by atoms with E-state index in [0.29, 0.717) is 6.42 Å². The Labute approximate surface area is 67.4 Å². The lowest BCUT2D eigenvalue weighted by atomic mass is 10.1. The van der Waals surface area contributed by atoms with Crippen LogP contribution in [0.5, 0.6) is 0 Å². The van der Waals surface area contributed by atoms with Gasteiger partial charge in [-0.15, -0.1) is 0 Å². The van der Waals surface area contributed by atoms with Gasteiger partial charge in [-0.3, -0.25) is 0 Å². The number of hydrogen-bond acceptors (Lipinski definition) is 2. The molecule has 0 saturated heterocycles. The van der Waals surface area contributed by atoms with Gasteiger partial charge in [0, 0.05) is 7.11 Å². The van der Waals surface area contributed by atoms with Crippen molar-refractivity contribution in [3.8, 4) is 0 Å². The van der Waals surface area contributed by atoms with Crippen molar-refractivity contribution >= 4 is 5.97 Å². The minimum absolute atomic E-state index is 0.610. The molecule has 0 saturated carbocycles. The van der Waals surface area contributed by atoms with E-state index in [9.17, 15) is 4.79 Å². The number of carbonyl (C=O) groups is 1. The minimum Gasteiger partial charge on any atom is -0.479 e. The Bertz CT molecular complexity index is 112. The number of methoxy groups -OCH3 is 1. The Hall–Kier alpha value is -0.570. The quantitative estimate of drug-likeness (QED) is 0.601. The van der Waals surface area contributed by atoms with Crippen molar-refractivity contribution in [2.24, 2.45) is 0 Å². The molecule has 0 rings (SSSR count). The minimum atomic E-state index is -0.858. The zero-order chi connectivity index (χ0) is 8.69. The van der Waals surface area contributed by atoms with Crippen molar-refractivity contribution in [2.75, 3.05) is 7.11 Å². The maximum atomic E-state index is 10.4. The van der Waals surface area contributed by atoms with Gasteiger partial charge in [0.25, 0.3) is 0 Å². The molecular weight excluding hydrogens is 144 g/mol. The predicted molar refractivity (Wildman–Crippen MR) is 42.6 cm³/mol. The van der Waals surface area contributed by atoms with Crippen LogP contribution in [0, 0.1) is 0 Å². The lowest BCUT2D eigenvalue weighted by Gasteiger charge is -2.08. The number of ether oxygens (including phenoxy) is 1. The molecule has 1 N–H and O–H groups in total. The van der Waals surface area contributed by atoms with Gasteiger partial charge in [0.15, 0.2) is 6.10 Å². The summed E-state index contributed by atoms with van der Waals surface area (Å²) in [6.45, 7) is 2.09. The molecule has 0 aliphatic heterocycles. The molecular formula is C8H16O3. The topological polar surface area (TPSA) is 46.5 Å². The van der Waals surface area contributed by atoms with Crippen molar-refractivity contribution in [1.29, 1.82) is 0 Å². The van der Waals surface area contributed by atoms with Gasteiger partial charge in [-0.2, -0.15) is 0 Å². The highest BCUT2D eigenvalue weighted by Gasteiger charge is 2.14. The lowest BCUT2D eigenvalue weighted by molar-refractivity contribution is -0.148.